The van der Waals surface area contributed by atoms with E-state index in [4.69, 9.17) is 0 Å². The van der Waals surface area contributed by atoms with Crippen molar-refractivity contribution in [1.82, 2.24) is 10.2 Å². The topological polar surface area (TPSA) is 66.9 Å². The lowest BCUT2D eigenvalue weighted by molar-refractivity contribution is -0.115. The second-order valence-corrected chi connectivity index (χ2v) is 4.69. The normalized spacial score (nSPS) is 9.95. The van der Waals surface area contributed by atoms with E-state index in [9.17, 15) is 4.79 Å². The van der Waals surface area contributed by atoms with Gasteiger partial charge >= 0.3 is 0 Å². The zero-order chi connectivity index (χ0) is 15.1. The van der Waals surface area contributed by atoms with Crippen LogP contribution < -0.4 is 10.6 Å². The van der Waals surface area contributed by atoms with Gasteiger partial charge in [0.05, 0.1) is 6.42 Å². The second-order valence-electron chi connectivity index (χ2n) is 4.69. The fourth-order valence-electron chi connectivity index (χ4n) is 1.86. The van der Waals surface area contributed by atoms with Gasteiger partial charge in [0.15, 0.2) is 5.82 Å². The number of hydrogen-bond donors (Lipinski definition) is 2. The zero-order valence-corrected chi connectivity index (χ0v) is 12.0. The second kappa shape index (κ2) is 7.19. The number of carbonyl (C=O) groups is 1. The Kier molecular flexibility index (Phi) is 5.04. The molecule has 0 atom stereocenters. The number of nitrogens with zero attached hydrogens (tertiary/aromatic N) is 2. The number of benzene rings is 1. The minimum atomic E-state index is -0.110. The molecule has 0 saturated heterocycles. The van der Waals surface area contributed by atoms with Crippen LogP contribution >= 0.6 is 0 Å². The van der Waals surface area contributed by atoms with Crippen LogP contribution in [0.25, 0.3) is 0 Å². The van der Waals surface area contributed by atoms with Crippen LogP contribution in [0.2, 0.25) is 0 Å². The van der Waals surface area contributed by atoms with Gasteiger partial charge in [0.2, 0.25) is 5.91 Å². The van der Waals surface area contributed by atoms with Gasteiger partial charge in [-0.25, -0.2) is 0 Å². The van der Waals surface area contributed by atoms with Crippen molar-refractivity contribution in [2.24, 2.45) is 0 Å². The Morgan fingerprint density at radius 3 is 2.67 bits per heavy atom. The Morgan fingerprint density at radius 1 is 1.24 bits per heavy atom. The van der Waals surface area contributed by atoms with Crippen molar-refractivity contribution in [3.63, 3.8) is 0 Å². The lowest BCUT2D eigenvalue weighted by Crippen LogP contribution is -2.16. The average Bonchev–Trinajstić information content (AvgIpc) is 2.46. The molecule has 0 radical (unpaired) electrons. The lowest BCUT2D eigenvalue weighted by Gasteiger charge is -2.06. The number of aromatic nitrogens is 2. The summed E-state index contributed by atoms with van der Waals surface area (Å²) < 4.78 is 0. The predicted molar refractivity (Wildman–Crippen MR) is 84.2 cm³/mol. The summed E-state index contributed by atoms with van der Waals surface area (Å²) in [6.07, 6.45) is 2.05. The van der Waals surface area contributed by atoms with Crippen molar-refractivity contribution in [3.8, 4) is 0 Å². The monoisotopic (exact) mass is 282 g/mol. The Bertz CT molecular complexity index is 622. The van der Waals surface area contributed by atoms with E-state index in [0.717, 1.165) is 11.1 Å². The third-order valence-corrected chi connectivity index (χ3v) is 2.81. The summed E-state index contributed by atoms with van der Waals surface area (Å²) in [5, 5.41) is 13.7. The molecular formula is C16H18N4O. The molecule has 2 rings (SSSR count). The Hall–Kier alpha value is -2.69. The molecule has 5 heteroatoms. The Labute approximate surface area is 124 Å². The van der Waals surface area contributed by atoms with E-state index in [1.54, 1.807) is 18.2 Å². The van der Waals surface area contributed by atoms with Gasteiger partial charge in [0.1, 0.15) is 5.82 Å². The largest absolute Gasteiger partial charge is 0.365 e. The van der Waals surface area contributed by atoms with Crippen molar-refractivity contribution in [3.05, 3.63) is 60.2 Å². The van der Waals surface area contributed by atoms with Gasteiger partial charge in [0, 0.05) is 6.54 Å². The van der Waals surface area contributed by atoms with Crippen molar-refractivity contribution in [2.75, 3.05) is 17.2 Å². The summed E-state index contributed by atoms with van der Waals surface area (Å²) in [6.45, 7) is 6.23. The molecule has 5 nitrogen and oxygen atoms in total. The molecule has 2 aromatic rings. The number of amides is 1. The van der Waals surface area contributed by atoms with Crippen LogP contribution in [0.4, 0.5) is 11.6 Å². The van der Waals surface area contributed by atoms with Crippen LogP contribution in [-0.2, 0) is 11.2 Å². The summed E-state index contributed by atoms with van der Waals surface area (Å²) in [5.41, 5.74) is 2.11. The van der Waals surface area contributed by atoms with Gasteiger partial charge in [-0.1, -0.05) is 35.9 Å². The predicted octanol–water partition coefficient (Wildman–Crippen LogP) is 2.56. The molecule has 0 unspecified atom stereocenters. The first-order valence-electron chi connectivity index (χ1n) is 6.71. The van der Waals surface area contributed by atoms with Gasteiger partial charge in [0.25, 0.3) is 0 Å². The molecule has 1 heterocycles. The molecule has 0 aliphatic rings. The molecule has 0 aliphatic heterocycles. The van der Waals surface area contributed by atoms with E-state index in [0.29, 0.717) is 24.6 Å². The number of nitrogens with one attached hydrogen (secondary N) is 2. The van der Waals surface area contributed by atoms with Gasteiger partial charge < -0.3 is 10.6 Å². The maximum Gasteiger partial charge on any atom is 0.229 e. The number of rotatable bonds is 6. The molecule has 0 aliphatic carbocycles. The summed E-state index contributed by atoms with van der Waals surface area (Å²) in [4.78, 5) is 11.9. The standard InChI is InChI=1S/C16H18N4O/c1-3-9-17-14-7-8-15(20-19-14)18-16(21)11-13-6-4-5-12(2)10-13/h3-8,10H,1,9,11H2,2H3,(H,17,19)(H,18,20,21). The van der Waals surface area contributed by atoms with E-state index < -0.39 is 0 Å². The smallest absolute Gasteiger partial charge is 0.229 e. The molecule has 0 fully saturated rings. The van der Waals surface area contributed by atoms with Crippen LogP contribution in [0.5, 0.6) is 0 Å². The van der Waals surface area contributed by atoms with E-state index in [1.807, 2.05) is 31.2 Å². The lowest BCUT2D eigenvalue weighted by atomic mass is 10.1. The van der Waals surface area contributed by atoms with Crippen LogP contribution in [0.1, 0.15) is 11.1 Å². The van der Waals surface area contributed by atoms with E-state index in [-0.39, 0.29) is 5.91 Å². The summed E-state index contributed by atoms with van der Waals surface area (Å²) in [6, 6.07) is 11.3. The summed E-state index contributed by atoms with van der Waals surface area (Å²) >= 11 is 0. The van der Waals surface area contributed by atoms with Gasteiger partial charge in [-0.05, 0) is 24.6 Å². The highest BCUT2D eigenvalue weighted by molar-refractivity contribution is 5.91. The van der Waals surface area contributed by atoms with Crippen LogP contribution in [0.3, 0.4) is 0 Å². The van der Waals surface area contributed by atoms with Gasteiger partial charge in [-0.15, -0.1) is 16.8 Å². The maximum atomic E-state index is 11.9. The fraction of sp³-hybridized carbons (Fsp3) is 0.188. The third kappa shape index (κ3) is 4.72. The van der Waals surface area contributed by atoms with Gasteiger partial charge in [-0.2, -0.15) is 0 Å². The number of aryl methyl sites for hydroxylation is 1. The SMILES string of the molecule is C=CCNc1ccc(NC(=O)Cc2cccc(C)c2)nn1. The number of carbonyl (C=O) groups excluding carboxylic acids is 1. The summed E-state index contributed by atoms with van der Waals surface area (Å²) in [7, 11) is 0. The maximum absolute atomic E-state index is 11.9. The molecule has 2 N–H and O–H groups in total. The molecule has 0 saturated carbocycles. The minimum Gasteiger partial charge on any atom is -0.365 e. The number of anilines is 2. The van der Waals surface area contributed by atoms with Crippen molar-refractivity contribution in [2.45, 2.75) is 13.3 Å². The summed E-state index contributed by atoms with van der Waals surface area (Å²) in [5.74, 6) is 0.977. The zero-order valence-electron chi connectivity index (χ0n) is 12.0. The molecule has 21 heavy (non-hydrogen) atoms. The first-order chi connectivity index (χ1) is 10.2. The molecule has 0 spiro atoms. The number of hydrogen-bond acceptors (Lipinski definition) is 4. The average molecular weight is 282 g/mol. The molecule has 108 valence electrons. The van der Waals surface area contributed by atoms with Crippen LogP contribution in [-0.4, -0.2) is 22.6 Å². The van der Waals surface area contributed by atoms with E-state index in [2.05, 4.69) is 27.4 Å². The van der Waals surface area contributed by atoms with Crippen molar-refractivity contribution in [1.29, 1.82) is 0 Å². The first-order valence-corrected chi connectivity index (χ1v) is 6.71. The fourth-order valence-corrected chi connectivity index (χ4v) is 1.86. The Morgan fingerprint density at radius 2 is 2.00 bits per heavy atom. The Balaban J connectivity index is 1.91. The highest BCUT2D eigenvalue weighted by Crippen LogP contribution is 2.08. The molecule has 1 aromatic heterocycles. The van der Waals surface area contributed by atoms with Crippen LogP contribution in [0.15, 0.2) is 49.1 Å². The molecule has 1 amide bonds. The van der Waals surface area contributed by atoms with E-state index >= 15 is 0 Å². The minimum absolute atomic E-state index is 0.110. The third-order valence-electron chi connectivity index (χ3n) is 2.81. The van der Waals surface area contributed by atoms with Gasteiger partial charge in [-0.3, -0.25) is 4.79 Å². The quantitative estimate of drug-likeness (QED) is 0.799. The highest BCUT2D eigenvalue weighted by atomic mass is 16.1. The highest BCUT2D eigenvalue weighted by Gasteiger charge is 2.05. The molecule has 0 bridgehead atoms. The van der Waals surface area contributed by atoms with Crippen molar-refractivity contribution < 1.29 is 4.79 Å². The van der Waals surface area contributed by atoms with Crippen molar-refractivity contribution >= 4 is 17.5 Å². The molecular weight excluding hydrogens is 264 g/mol. The first kappa shape index (κ1) is 14.7. The molecule has 1 aromatic carbocycles. The van der Waals surface area contributed by atoms with E-state index in [1.165, 1.54) is 0 Å². The van der Waals surface area contributed by atoms with Crippen LogP contribution in [0, 0.1) is 6.92 Å².